The summed E-state index contributed by atoms with van der Waals surface area (Å²) in [6.45, 7) is 9.54. The Morgan fingerprint density at radius 2 is 1.74 bits per heavy atom. The third-order valence-corrected chi connectivity index (χ3v) is 7.38. The van der Waals surface area contributed by atoms with Gasteiger partial charge in [0.25, 0.3) is 0 Å². The summed E-state index contributed by atoms with van der Waals surface area (Å²) in [5.74, 6) is -0.957. The van der Waals surface area contributed by atoms with E-state index in [4.69, 9.17) is 6.57 Å². The van der Waals surface area contributed by atoms with Crippen LogP contribution in [0.2, 0.25) is 0 Å². The highest BCUT2D eigenvalue weighted by Gasteiger charge is 2.52. The predicted octanol–water partition coefficient (Wildman–Crippen LogP) is 4.92. The van der Waals surface area contributed by atoms with Gasteiger partial charge in [-0.15, -0.1) is 13.2 Å². The van der Waals surface area contributed by atoms with Gasteiger partial charge in [0.1, 0.15) is 5.75 Å². The number of imidazole rings is 1. The van der Waals surface area contributed by atoms with Crippen LogP contribution in [0.15, 0.2) is 61.1 Å². The number of rotatable bonds is 7. The first kappa shape index (κ1) is 26.4. The van der Waals surface area contributed by atoms with Crippen molar-refractivity contribution in [1.29, 1.82) is 0 Å². The summed E-state index contributed by atoms with van der Waals surface area (Å²) >= 11 is 0. The van der Waals surface area contributed by atoms with Crippen LogP contribution in [0.3, 0.4) is 0 Å². The molecule has 5 rings (SSSR count). The highest BCUT2D eigenvalue weighted by molar-refractivity contribution is 6.05. The third-order valence-electron chi connectivity index (χ3n) is 7.38. The zero-order valence-corrected chi connectivity index (χ0v) is 21.0. The minimum atomic E-state index is -4.82. The first-order valence-electron chi connectivity index (χ1n) is 12.5. The van der Waals surface area contributed by atoms with Crippen LogP contribution in [0.25, 0.3) is 4.85 Å². The van der Waals surface area contributed by atoms with E-state index < -0.39 is 11.8 Å². The summed E-state index contributed by atoms with van der Waals surface area (Å²) in [6.07, 6.45) is -0.0694. The Morgan fingerprint density at radius 3 is 2.44 bits per heavy atom. The zero-order valence-electron chi connectivity index (χ0n) is 21.0. The molecule has 2 amide bonds. The average molecular weight is 538 g/mol. The molecule has 0 bridgehead atoms. The smallest absolute Gasteiger partial charge is 0.406 e. The number of benzene rings is 2. The van der Waals surface area contributed by atoms with Crippen molar-refractivity contribution in [3.63, 3.8) is 0 Å². The van der Waals surface area contributed by atoms with Crippen molar-refractivity contribution in [1.82, 2.24) is 19.4 Å². The van der Waals surface area contributed by atoms with Crippen LogP contribution in [0.5, 0.6) is 5.75 Å². The molecule has 11 heteroatoms. The number of hydrogen-bond acceptors (Lipinski definition) is 5. The fourth-order valence-electron chi connectivity index (χ4n) is 5.30. The lowest BCUT2D eigenvalue weighted by Gasteiger charge is -2.37. The van der Waals surface area contributed by atoms with Gasteiger partial charge in [0.15, 0.2) is 5.69 Å². The van der Waals surface area contributed by atoms with E-state index in [0.29, 0.717) is 50.3 Å². The molecule has 0 saturated carbocycles. The van der Waals surface area contributed by atoms with E-state index >= 15 is 0 Å². The van der Waals surface area contributed by atoms with Crippen LogP contribution < -0.4 is 4.74 Å². The lowest BCUT2D eigenvalue weighted by atomic mass is 9.77. The van der Waals surface area contributed by atoms with Gasteiger partial charge in [-0.3, -0.25) is 19.4 Å². The number of carbonyl (C=O) groups excluding carboxylic acids is 2. The van der Waals surface area contributed by atoms with Crippen molar-refractivity contribution >= 4 is 17.5 Å². The molecule has 202 valence electrons. The number of carbonyl (C=O) groups is 2. The molecule has 0 radical (unpaired) electrons. The Hall–Kier alpha value is -4.17. The van der Waals surface area contributed by atoms with Crippen molar-refractivity contribution in [2.45, 2.75) is 45.3 Å². The molecule has 1 aromatic heterocycles. The number of hydrogen-bond donors (Lipinski definition) is 0. The Labute approximate surface area is 223 Å². The van der Waals surface area contributed by atoms with E-state index in [0.717, 1.165) is 16.2 Å². The van der Waals surface area contributed by atoms with Gasteiger partial charge >= 0.3 is 6.36 Å². The molecular weight excluding hydrogens is 511 g/mol. The minimum Gasteiger partial charge on any atom is -0.406 e. The van der Waals surface area contributed by atoms with Crippen molar-refractivity contribution in [3.05, 3.63) is 89.3 Å². The fourth-order valence-corrected chi connectivity index (χ4v) is 5.30. The van der Waals surface area contributed by atoms with Gasteiger partial charge in [0, 0.05) is 25.7 Å². The van der Waals surface area contributed by atoms with E-state index in [2.05, 4.69) is 24.0 Å². The molecule has 2 saturated heterocycles. The lowest BCUT2D eigenvalue weighted by molar-refractivity contribution is -0.274. The Balaban J connectivity index is 1.19. The Morgan fingerprint density at radius 1 is 1.00 bits per heavy atom. The number of nitrogens with zero attached hydrogens (tertiary/aromatic N) is 5. The molecule has 8 nitrogen and oxygen atoms in total. The standard InChI is InChI=1S/C28H26F3N5O3/c1-32-22-7-5-20(6-8-22)16-35-19-33-15-23(35)18-34-11-9-27(10-12-34)14-25(37)36(26(27)38)17-21-3-2-4-24(13-21)39-28(29,30)31/h2-8,13,15,19H,9-12,14,16-18H2. The molecule has 3 heterocycles. The van der Waals surface area contributed by atoms with Crippen LogP contribution in [-0.2, 0) is 29.2 Å². The van der Waals surface area contributed by atoms with Crippen molar-refractivity contribution in [2.24, 2.45) is 5.41 Å². The molecule has 0 atom stereocenters. The maximum Gasteiger partial charge on any atom is 0.573 e. The van der Waals surface area contributed by atoms with Crippen LogP contribution in [0, 0.1) is 12.0 Å². The molecule has 1 spiro atoms. The zero-order chi connectivity index (χ0) is 27.6. The van der Waals surface area contributed by atoms with E-state index in [1.165, 1.54) is 18.2 Å². The molecule has 2 fully saturated rings. The van der Waals surface area contributed by atoms with E-state index in [1.54, 1.807) is 24.5 Å². The normalized spacial score (nSPS) is 17.5. The lowest BCUT2D eigenvalue weighted by Crippen LogP contribution is -2.44. The number of aromatic nitrogens is 2. The highest BCUT2D eigenvalue weighted by Crippen LogP contribution is 2.43. The number of likely N-dealkylation sites (tertiary alicyclic amines) is 2. The largest absolute Gasteiger partial charge is 0.573 e. The molecule has 2 aliphatic heterocycles. The first-order valence-corrected chi connectivity index (χ1v) is 12.5. The van der Waals surface area contributed by atoms with Gasteiger partial charge in [0.05, 0.1) is 30.6 Å². The highest BCUT2D eigenvalue weighted by atomic mass is 19.4. The summed E-state index contributed by atoms with van der Waals surface area (Å²) in [4.78, 5) is 37.3. The summed E-state index contributed by atoms with van der Waals surface area (Å²) in [7, 11) is 0. The molecule has 0 aliphatic carbocycles. The fraction of sp³-hybridized carbons (Fsp3) is 0.357. The van der Waals surface area contributed by atoms with E-state index in [9.17, 15) is 22.8 Å². The third kappa shape index (κ3) is 5.96. The van der Waals surface area contributed by atoms with Gasteiger partial charge in [-0.1, -0.05) is 36.4 Å². The van der Waals surface area contributed by atoms with E-state index in [1.807, 2.05) is 18.3 Å². The number of alkyl halides is 3. The molecule has 2 aliphatic rings. The van der Waals surface area contributed by atoms with E-state index in [-0.39, 0.29) is 30.5 Å². The van der Waals surface area contributed by atoms with Gasteiger partial charge < -0.3 is 9.30 Å². The van der Waals surface area contributed by atoms with Crippen molar-refractivity contribution in [3.8, 4) is 5.75 Å². The number of imide groups is 1. The van der Waals surface area contributed by atoms with Crippen LogP contribution in [0.1, 0.15) is 36.1 Å². The molecular formula is C28H26F3N5O3. The van der Waals surface area contributed by atoms with Crippen molar-refractivity contribution in [2.75, 3.05) is 13.1 Å². The molecule has 39 heavy (non-hydrogen) atoms. The molecule has 3 aromatic rings. The Kier molecular flexibility index (Phi) is 7.14. The first-order chi connectivity index (χ1) is 18.6. The molecule has 0 unspecified atom stereocenters. The van der Waals surface area contributed by atoms with Gasteiger partial charge in [0.2, 0.25) is 11.8 Å². The van der Waals surface area contributed by atoms with Crippen LogP contribution in [0.4, 0.5) is 18.9 Å². The number of ether oxygens (including phenoxy) is 1. The van der Waals surface area contributed by atoms with Gasteiger partial charge in [-0.05, 0) is 49.2 Å². The number of piperidine rings is 1. The monoisotopic (exact) mass is 537 g/mol. The van der Waals surface area contributed by atoms with Crippen molar-refractivity contribution < 1.29 is 27.5 Å². The summed E-state index contributed by atoms with van der Waals surface area (Å²) < 4.78 is 43.8. The maximum atomic E-state index is 13.4. The quantitative estimate of drug-likeness (QED) is 0.316. The van der Waals surface area contributed by atoms with Crippen LogP contribution >= 0.6 is 0 Å². The SMILES string of the molecule is [C-]#[N+]c1ccc(Cn2cncc2CN2CCC3(CC2)CC(=O)N(Cc2cccc(OC(F)(F)F)c2)C3=O)cc1. The average Bonchev–Trinajstić information content (AvgIpc) is 3.42. The summed E-state index contributed by atoms with van der Waals surface area (Å²) in [6, 6.07) is 12.8. The number of halogens is 3. The second-order valence-electron chi connectivity index (χ2n) is 10.0. The topological polar surface area (TPSA) is 72.0 Å². The molecule has 2 aromatic carbocycles. The van der Waals surface area contributed by atoms with Crippen LogP contribution in [-0.4, -0.2) is 50.6 Å². The second-order valence-corrected chi connectivity index (χ2v) is 10.0. The second kappa shape index (κ2) is 10.5. The summed E-state index contributed by atoms with van der Waals surface area (Å²) in [5, 5.41) is 0. The minimum absolute atomic E-state index is 0.0890. The predicted molar refractivity (Wildman–Crippen MR) is 134 cm³/mol. The number of amides is 2. The maximum absolute atomic E-state index is 13.4. The Bertz CT molecular complexity index is 1400. The van der Waals surface area contributed by atoms with Gasteiger partial charge in [-0.2, -0.15) is 0 Å². The molecule has 0 N–H and O–H groups in total. The summed E-state index contributed by atoms with van der Waals surface area (Å²) in [5.41, 5.74) is 2.29. The van der Waals surface area contributed by atoms with Gasteiger partial charge in [-0.25, -0.2) is 9.83 Å².